The van der Waals surface area contributed by atoms with E-state index in [2.05, 4.69) is 217 Å². The van der Waals surface area contributed by atoms with Crippen molar-refractivity contribution in [2.24, 2.45) is 0 Å². The molecule has 0 bridgehead atoms. The SMILES string of the molecule is Cc1ccccc1-c1c(C)cccc1-c1ccc2c(c1)c1cc(-c3ccc4c(c3)c3c(n4-c4ccc(-c5ccccc5)cc4)CC=C3)ccc1n2-c1ccccc1. The van der Waals surface area contributed by atoms with Crippen LogP contribution in [0.5, 0.6) is 0 Å². The molecule has 11 rings (SSSR count). The first-order valence-corrected chi connectivity index (χ1v) is 19.9. The summed E-state index contributed by atoms with van der Waals surface area (Å²) >= 11 is 0. The Morgan fingerprint density at radius 1 is 0.386 bits per heavy atom. The molecular weight excluding hydrogens is 689 g/mol. The second-order valence-corrected chi connectivity index (χ2v) is 15.4. The van der Waals surface area contributed by atoms with Crippen LogP contribution in [-0.4, -0.2) is 9.13 Å². The molecule has 0 amide bonds. The van der Waals surface area contributed by atoms with Crippen LogP contribution in [0.2, 0.25) is 0 Å². The fourth-order valence-corrected chi connectivity index (χ4v) is 9.30. The maximum atomic E-state index is 2.46. The molecule has 2 heterocycles. The maximum absolute atomic E-state index is 2.46. The minimum absolute atomic E-state index is 0.930. The molecule has 8 aromatic carbocycles. The summed E-state index contributed by atoms with van der Waals surface area (Å²) in [6, 6.07) is 66.9. The highest BCUT2D eigenvalue weighted by molar-refractivity contribution is 6.12. The average molecular weight is 729 g/mol. The molecule has 2 aromatic heterocycles. The van der Waals surface area contributed by atoms with E-state index in [-0.39, 0.29) is 0 Å². The van der Waals surface area contributed by atoms with Crippen LogP contribution in [0.15, 0.2) is 188 Å². The zero-order valence-electron chi connectivity index (χ0n) is 32.1. The number of aryl methyl sites for hydroxylation is 2. The van der Waals surface area contributed by atoms with Gasteiger partial charge in [0.25, 0.3) is 0 Å². The second-order valence-electron chi connectivity index (χ2n) is 15.4. The van der Waals surface area contributed by atoms with Crippen molar-refractivity contribution >= 4 is 38.8 Å². The van der Waals surface area contributed by atoms with E-state index in [0.29, 0.717) is 0 Å². The Labute approximate surface area is 333 Å². The average Bonchev–Trinajstić information content (AvgIpc) is 3.96. The van der Waals surface area contributed by atoms with E-state index in [1.54, 1.807) is 0 Å². The van der Waals surface area contributed by atoms with Gasteiger partial charge in [-0.25, -0.2) is 0 Å². The highest BCUT2D eigenvalue weighted by Crippen LogP contribution is 2.42. The minimum Gasteiger partial charge on any atom is -0.313 e. The molecule has 0 spiro atoms. The topological polar surface area (TPSA) is 9.86 Å². The Morgan fingerprint density at radius 3 is 1.63 bits per heavy atom. The van der Waals surface area contributed by atoms with Crippen LogP contribution in [0.4, 0.5) is 0 Å². The van der Waals surface area contributed by atoms with Gasteiger partial charge in [0.1, 0.15) is 0 Å². The molecule has 0 saturated heterocycles. The first-order chi connectivity index (χ1) is 28.1. The summed E-state index contributed by atoms with van der Waals surface area (Å²) in [5, 5.41) is 3.79. The van der Waals surface area contributed by atoms with Crippen molar-refractivity contribution in [3.8, 4) is 55.9 Å². The van der Waals surface area contributed by atoms with Crippen LogP contribution in [0.25, 0.3) is 94.7 Å². The quantitative estimate of drug-likeness (QED) is 0.161. The number of para-hydroxylation sites is 1. The van der Waals surface area contributed by atoms with Gasteiger partial charge in [-0.1, -0.05) is 133 Å². The minimum atomic E-state index is 0.930. The third kappa shape index (κ3) is 5.40. The van der Waals surface area contributed by atoms with Crippen LogP contribution >= 0.6 is 0 Å². The van der Waals surface area contributed by atoms with Gasteiger partial charge in [-0.2, -0.15) is 0 Å². The molecule has 0 unspecified atom stereocenters. The number of hydrogen-bond acceptors (Lipinski definition) is 0. The fourth-order valence-electron chi connectivity index (χ4n) is 9.30. The number of aromatic nitrogens is 2. The van der Waals surface area contributed by atoms with Gasteiger partial charge in [0.15, 0.2) is 0 Å². The smallest absolute Gasteiger partial charge is 0.0541 e. The lowest BCUT2D eigenvalue weighted by molar-refractivity contribution is 1.01. The number of fused-ring (bicyclic) bond motifs is 6. The number of allylic oxidation sites excluding steroid dienone is 1. The van der Waals surface area contributed by atoms with Gasteiger partial charge < -0.3 is 9.13 Å². The van der Waals surface area contributed by atoms with E-state index >= 15 is 0 Å². The van der Waals surface area contributed by atoms with E-state index < -0.39 is 0 Å². The van der Waals surface area contributed by atoms with Crippen molar-refractivity contribution in [2.45, 2.75) is 20.3 Å². The van der Waals surface area contributed by atoms with Crippen molar-refractivity contribution in [1.29, 1.82) is 0 Å². The van der Waals surface area contributed by atoms with Gasteiger partial charge in [-0.05, 0) is 130 Å². The van der Waals surface area contributed by atoms with Crippen molar-refractivity contribution in [2.75, 3.05) is 0 Å². The van der Waals surface area contributed by atoms with Gasteiger partial charge in [-0.3, -0.25) is 0 Å². The van der Waals surface area contributed by atoms with Crippen molar-refractivity contribution in [3.05, 3.63) is 210 Å². The molecular formula is C55H40N2. The molecule has 0 aliphatic heterocycles. The lowest BCUT2D eigenvalue weighted by Crippen LogP contribution is -1.98. The van der Waals surface area contributed by atoms with Crippen LogP contribution in [0.3, 0.4) is 0 Å². The second kappa shape index (κ2) is 13.3. The normalized spacial score (nSPS) is 12.2. The Balaban J connectivity index is 1.07. The van der Waals surface area contributed by atoms with E-state index in [4.69, 9.17) is 0 Å². The van der Waals surface area contributed by atoms with Gasteiger partial charge in [0.2, 0.25) is 0 Å². The Morgan fingerprint density at radius 2 is 0.912 bits per heavy atom. The Kier molecular flexibility index (Phi) is 7.72. The standard InChI is InChI=1S/C55H40N2/c1-36-13-9-10-19-45(36)55-37(2)14-11-20-46(55)42-27-32-54-50(35-42)49-34-41(26-31-53(49)56(54)43-17-7-4-8-18-43)40-25-30-52-48(33-40)47-21-12-22-51(47)57(52)44-28-23-39(24-29-44)38-15-5-3-6-16-38/h3-21,23-35H,22H2,1-2H3. The van der Waals surface area contributed by atoms with Gasteiger partial charge >= 0.3 is 0 Å². The predicted octanol–water partition coefficient (Wildman–Crippen LogP) is 14.6. The van der Waals surface area contributed by atoms with E-state index in [9.17, 15) is 0 Å². The molecule has 0 atom stereocenters. The fraction of sp³-hybridized carbons (Fsp3) is 0.0545. The molecule has 0 saturated carbocycles. The molecule has 2 nitrogen and oxygen atoms in total. The summed E-state index contributed by atoms with van der Waals surface area (Å²) in [4.78, 5) is 0. The monoisotopic (exact) mass is 728 g/mol. The number of benzene rings is 8. The molecule has 1 aliphatic rings. The first-order valence-electron chi connectivity index (χ1n) is 19.9. The van der Waals surface area contributed by atoms with Crippen molar-refractivity contribution in [1.82, 2.24) is 9.13 Å². The van der Waals surface area contributed by atoms with E-state index in [1.807, 2.05) is 0 Å². The molecule has 0 fully saturated rings. The van der Waals surface area contributed by atoms with Crippen LogP contribution in [-0.2, 0) is 6.42 Å². The molecule has 57 heavy (non-hydrogen) atoms. The van der Waals surface area contributed by atoms with Crippen molar-refractivity contribution < 1.29 is 0 Å². The van der Waals surface area contributed by atoms with E-state index in [1.165, 1.54) is 105 Å². The Bertz CT molecular complexity index is 3190. The number of nitrogens with zero attached hydrogens (tertiary/aromatic N) is 2. The third-order valence-corrected chi connectivity index (χ3v) is 12.0. The van der Waals surface area contributed by atoms with Crippen molar-refractivity contribution in [3.63, 3.8) is 0 Å². The first kappa shape index (κ1) is 33.2. The summed E-state index contributed by atoms with van der Waals surface area (Å²) in [5.41, 5.74) is 21.2. The molecule has 0 radical (unpaired) electrons. The largest absolute Gasteiger partial charge is 0.313 e. The van der Waals surface area contributed by atoms with Gasteiger partial charge in [0, 0.05) is 45.2 Å². The van der Waals surface area contributed by atoms with Crippen LogP contribution < -0.4 is 0 Å². The van der Waals surface area contributed by atoms with Crippen LogP contribution in [0, 0.1) is 13.8 Å². The maximum Gasteiger partial charge on any atom is 0.0541 e. The lowest BCUT2D eigenvalue weighted by Gasteiger charge is -2.16. The molecule has 270 valence electrons. The summed E-state index contributed by atoms with van der Waals surface area (Å²) in [5.74, 6) is 0. The van der Waals surface area contributed by atoms with Gasteiger partial charge in [0.05, 0.1) is 16.6 Å². The number of hydrogen-bond donors (Lipinski definition) is 0. The predicted molar refractivity (Wildman–Crippen MR) is 242 cm³/mol. The Hall–Kier alpha value is -7.16. The van der Waals surface area contributed by atoms with Gasteiger partial charge in [-0.15, -0.1) is 0 Å². The number of rotatable bonds is 6. The van der Waals surface area contributed by atoms with Crippen LogP contribution in [0.1, 0.15) is 22.4 Å². The lowest BCUT2D eigenvalue weighted by atomic mass is 9.88. The summed E-state index contributed by atoms with van der Waals surface area (Å²) in [6.45, 7) is 4.44. The molecule has 10 aromatic rings. The van der Waals surface area contributed by atoms with E-state index in [0.717, 1.165) is 12.1 Å². The third-order valence-electron chi connectivity index (χ3n) is 12.0. The summed E-state index contributed by atoms with van der Waals surface area (Å²) in [7, 11) is 0. The molecule has 1 aliphatic carbocycles. The highest BCUT2D eigenvalue weighted by Gasteiger charge is 2.21. The zero-order valence-corrected chi connectivity index (χ0v) is 32.1. The molecule has 2 heteroatoms. The highest BCUT2D eigenvalue weighted by atomic mass is 15.0. The molecule has 0 N–H and O–H groups in total. The summed E-state index contributed by atoms with van der Waals surface area (Å²) < 4.78 is 4.87. The zero-order chi connectivity index (χ0) is 38.0. The summed E-state index contributed by atoms with van der Waals surface area (Å²) in [6.07, 6.45) is 5.54.